The van der Waals surface area contributed by atoms with E-state index in [-0.39, 0.29) is 4.75 Å². The van der Waals surface area contributed by atoms with Gasteiger partial charge in [0.15, 0.2) is 0 Å². The Hall–Kier alpha value is 0.180. The molecule has 0 N–H and O–H groups in total. The highest BCUT2D eigenvalue weighted by Gasteiger charge is 2.33. The SMILES string of the molecule is CC(C)(C)SP(=S)(c1ccccc1)N1CCCCC1. The molecule has 0 amide bonds. The Kier molecular flexibility index (Phi) is 5.16. The van der Waals surface area contributed by atoms with Crippen LogP contribution in [0.3, 0.4) is 0 Å². The Bertz CT molecular complexity index is 447. The van der Waals surface area contributed by atoms with E-state index in [0.717, 1.165) is 0 Å². The van der Waals surface area contributed by atoms with Crippen molar-refractivity contribution in [3.05, 3.63) is 30.3 Å². The zero-order valence-electron chi connectivity index (χ0n) is 12.1. The van der Waals surface area contributed by atoms with Crippen LogP contribution in [0.5, 0.6) is 0 Å². The first-order valence-electron chi connectivity index (χ1n) is 7.04. The second-order valence-corrected chi connectivity index (χ2v) is 14.0. The predicted molar refractivity (Wildman–Crippen MR) is 93.1 cm³/mol. The summed E-state index contributed by atoms with van der Waals surface area (Å²) < 4.78 is 2.82. The fourth-order valence-corrected chi connectivity index (χ4v) is 11.7. The van der Waals surface area contributed by atoms with Gasteiger partial charge in [0.25, 0.3) is 0 Å². The lowest BCUT2D eigenvalue weighted by atomic mass is 10.2. The molecule has 0 bridgehead atoms. The van der Waals surface area contributed by atoms with Crippen LogP contribution in [0.2, 0.25) is 0 Å². The van der Waals surface area contributed by atoms with E-state index in [1.807, 2.05) is 11.4 Å². The van der Waals surface area contributed by atoms with Gasteiger partial charge >= 0.3 is 0 Å². The average Bonchev–Trinajstić information content (AvgIpc) is 2.39. The Labute approximate surface area is 127 Å². The van der Waals surface area contributed by atoms with Gasteiger partial charge in [-0.15, -0.1) is 0 Å². The summed E-state index contributed by atoms with van der Waals surface area (Å²) in [5.41, 5.74) is 0. The Morgan fingerprint density at radius 2 is 1.63 bits per heavy atom. The summed E-state index contributed by atoms with van der Waals surface area (Å²) in [5.74, 6) is 0. The van der Waals surface area contributed by atoms with E-state index in [4.69, 9.17) is 11.8 Å². The van der Waals surface area contributed by atoms with Crippen LogP contribution in [-0.4, -0.2) is 22.5 Å². The quantitative estimate of drug-likeness (QED) is 0.749. The zero-order chi connectivity index (χ0) is 13.9. The van der Waals surface area contributed by atoms with Crippen molar-refractivity contribution in [2.75, 3.05) is 13.1 Å². The van der Waals surface area contributed by atoms with E-state index in [1.54, 1.807) is 0 Å². The highest BCUT2D eigenvalue weighted by atomic mass is 32.9. The molecule has 1 nitrogen and oxygen atoms in total. The maximum atomic E-state index is 6.24. The second kappa shape index (κ2) is 6.30. The second-order valence-electron chi connectivity index (χ2n) is 6.07. The first kappa shape index (κ1) is 15.6. The topological polar surface area (TPSA) is 3.24 Å². The molecule has 1 aromatic rings. The summed E-state index contributed by atoms with van der Waals surface area (Å²) >= 11 is 8.25. The fourth-order valence-electron chi connectivity index (χ4n) is 2.40. The number of hydrogen-bond acceptors (Lipinski definition) is 2. The zero-order valence-corrected chi connectivity index (χ0v) is 14.7. The maximum Gasteiger partial charge on any atom is 0.0957 e. The summed E-state index contributed by atoms with van der Waals surface area (Å²) in [5, 5.41) is -0.318. The van der Waals surface area contributed by atoms with Crippen molar-refractivity contribution < 1.29 is 0 Å². The molecule has 19 heavy (non-hydrogen) atoms. The molecule has 0 spiro atoms. The molecule has 0 aromatic heterocycles. The van der Waals surface area contributed by atoms with E-state index >= 15 is 0 Å². The number of rotatable bonds is 3. The largest absolute Gasteiger partial charge is 0.264 e. The Balaban J connectivity index is 2.35. The number of benzene rings is 1. The third-order valence-corrected chi connectivity index (χ3v) is 11.8. The molecule has 1 aliphatic heterocycles. The molecule has 1 fully saturated rings. The van der Waals surface area contributed by atoms with Crippen LogP contribution >= 0.6 is 16.8 Å². The minimum absolute atomic E-state index is 0.211. The van der Waals surface area contributed by atoms with E-state index in [9.17, 15) is 0 Å². The van der Waals surface area contributed by atoms with Gasteiger partial charge in [-0.25, -0.2) is 0 Å². The predicted octanol–water partition coefficient (Wildman–Crippen LogP) is 4.64. The summed E-state index contributed by atoms with van der Waals surface area (Å²) in [6, 6.07) is 10.8. The highest BCUT2D eigenvalue weighted by Crippen LogP contribution is 2.65. The average molecular weight is 313 g/mol. The molecule has 1 unspecified atom stereocenters. The van der Waals surface area contributed by atoms with Crippen molar-refractivity contribution in [3.63, 3.8) is 0 Å². The molecule has 0 aliphatic carbocycles. The van der Waals surface area contributed by atoms with Crippen LogP contribution in [0.1, 0.15) is 40.0 Å². The summed E-state index contributed by atoms with van der Waals surface area (Å²) in [4.78, 5) is 0. The molecule has 0 radical (unpaired) electrons. The van der Waals surface area contributed by atoms with Gasteiger partial charge in [0.1, 0.15) is 0 Å². The van der Waals surface area contributed by atoms with Crippen LogP contribution < -0.4 is 5.30 Å². The van der Waals surface area contributed by atoms with Crippen LogP contribution in [0, 0.1) is 0 Å². The van der Waals surface area contributed by atoms with Crippen molar-refractivity contribution in [1.29, 1.82) is 0 Å². The van der Waals surface area contributed by atoms with Crippen LogP contribution in [0.25, 0.3) is 0 Å². The smallest absolute Gasteiger partial charge is 0.0957 e. The Morgan fingerprint density at radius 1 is 1.05 bits per heavy atom. The molecule has 1 aliphatic rings. The third-order valence-electron chi connectivity index (χ3n) is 3.18. The minimum Gasteiger partial charge on any atom is -0.264 e. The molecule has 1 atom stereocenters. The first-order valence-corrected chi connectivity index (χ1v) is 11.2. The lowest BCUT2D eigenvalue weighted by Gasteiger charge is -2.40. The van der Waals surface area contributed by atoms with Crippen molar-refractivity contribution in [2.45, 2.75) is 44.8 Å². The van der Waals surface area contributed by atoms with Crippen LogP contribution in [0.4, 0.5) is 0 Å². The van der Waals surface area contributed by atoms with Crippen molar-refractivity contribution in [1.82, 2.24) is 4.67 Å². The van der Waals surface area contributed by atoms with Crippen molar-refractivity contribution >= 4 is 33.9 Å². The molecule has 0 saturated carbocycles. The molecule has 4 heteroatoms. The molecular formula is C15H24NPS2. The van der Waals surface area contributed by atoms with Gasteiger partial charge in [0.2, 0.25) is 0 Å². The highest BCUT2D eigenvalue weighted by molar-refractivity contribution is 8.72. The van der Waals surface area contributed by atoms with Gasteiger partial charge in [-0.05, 0) is 12.8 Å². The van der Waals surface area contributed by atoms with Gasteiger partial charge < -0.3 is 0 Å². The summed E-state index contributed by atoms with van der Waals surface area (Å²) in [6.07, 6.45) is 3.96. The first-order chi connectivity index (χ1) is 8.92. The van der Waals surface area contributed by atoms with E-state index in [2.05, 4.69) is 55.8 Å². The fraction of sp³-hybridized carbons (Fsp3) is 0.600. The molecule has 2 rings (SSSR count). The molecule has 106 valence electrons. The van der Waals surface area contributed by atoms with Crippen LogP contribution in [-0.2, 0) is 11.8 Å². The molecule has 1 saturated heterocycles. The maximum absolute atomic E-state index is 6.24. The monoisotopic (exact) mass is 313 g/mol. The molecular weight excluding hydrogens is 289 g/mol. The standard InChI is InChI=1S/C15H24NPS2/c1-15(2,3)19-17(18,14-10-6-4-7-11-14)16-12-8-5-9-13-16/h4,6-7,10-11H,5,8-9,12-13H2,1-3H3. The lowest BCUT2D eigenvalue weighted by Crippen LogP contribution is -2.31. The van der Waals surface area contributed by atoms with E-state index in [0.29, 0.717) is 0 Å². The number of hydrogen-bond donors (Lipinski definition) is 0. The summed E-state index contributed by atoms with van der Waals surface area (Å²) in [6.45, 7) is 9.20. The van der Waals surface area contributed by atoms with Gasteiger partial charge in [0.05, 0.1) is 5.39 Å². The molecule has 1 aromatic carbocycles. The van der Waals surface area contributed by atoms with E-state index in [1.165, 1.54) is 37.7 Å². The van der Waals surface area contributed by atoms with Gasteiger partial charge in [-0.1, -0.05) is 80.7 Å². The van der Waals surface area contributed by atoms with E-state index < -0.39 is 5.39 Å². The third kappa shape index (κ3) is 4.07. The normalized spacial score (nSPS) is 21.0. The number of piperidine rings is 1. The number of nitrogens with zero attached hydrogens (tertiary/aromatic N) is 1. The Morgan fingerprint density at radius 3 is 2.16 bits per heavy atom. The van der Waals surface area contributed by atoms with Crippen molar-refractivity contribution in [3.8, 4) is 0 Å². The van der Waals surface area contributed by atoms with Gasteiger partial charge in [-0.3, -0.25) is 4.67 Å². The lowest BCUT2D eigenvalue weighted by molar-refractivity contribution is 0.374. The van der Waals surface area contributed by atoms with Crippen LogP contribution in [0.15, 0.2) is 30.3 Å². The minimum atomic E-state index is -1.69. The van der Waals surface area contributed by atoms with Gasteiger partial charge in [-0.2, -0.15) is 0 Å². The van der Waals surface area contributed by atoms with Crippen molar-refractivity contribution in [2.24, 2.45) is 0 Å². The van der Waals surface area contributed by atoms with Gasteiger partial charge in [0, 0.05) is 23.1 Å². The summed E-state index contributed by atoms with van der Waals surface area (Å²) in [7, 11) is 0. The molecule has 1 heterocycles.